The van der Waals surface area contributed by atoms with E-state index in [9.17, 15) is 24.6 Å². The summed E-state index contributed by atoms with van der Waals surface area (Å²) in [4.78, 5) is 51.6. The lowest BCUT2D eigenvalue weighted by molar-refractivity contribution is -0.140. The molecule has 4 atom stereocenters. The van der Waals surface area contributed by atoms with Crippen LogP contribution >= 0.6 is 11.3 Å². The van der Waals surface area contributed by atoms with Gasteiger partial charge >= 0.3 is 0 Å². The number of carbonyl (C=O) groups is 3. The molecule has 4 aromatic rings. The number of nitrogens with zero attached hydrogens (tertiary/aromatic N) is 6. The predicted octanol–water partition coefficient (Wildman–Crippen LogP) is 5.31. The number of aromatic hydroxyl groups is 1. The average Bonchev–Trinajstić information content (AvgIpc) is 3.83. The van der Waals surface area contributed by atoms with Crippen LogP contribution in [0.15, 0.2) is 60.1 Å². The largest absolute Gasteiger partial charge is 0.507 e. The summed E-state index contributed by atoms with van der Waals surface area (Å²) >= 11 is 1.63. The number of aryl methyl sites for hydroxylation is 1. The van der Waals surface area contributed by atoms with Crippen LogP contribution in [-0.2, 0) is 14.4 Å². The standard InChI is InChI=1S/C44H59N9O5S/c1-28(30-15-17-31(18-16-30)40-29(2)47-27-59-40)46-25-32-23-33(54)26-53(32)43(58)41(44(3,4)5)48-38(56)13-7-6-8-14-39(57)52-21-19-51(20-22-52)36-24-35(49-50-42(36)45)34-11-9-10-12-37(34)55/h9-12,15-18,24,27-28,32-33,41,46,54-55H,6-8,13-14,19-23,25-26H2,1-5H3,(H2,45,50)(H,48,56)/t28-,32-,33+,41+/m1/s1. The van der Waals surface area contributed by atoms with Gasteiger partial charge in [0.05, 0.1) is 33.6 Å². The van der Waals surface area contributed by atoms with Crippen molar-refractivity contribution in [1.29, 1.82) is 0 Å². The van der Waals surface area contributed by atoms with Crippen molar-refractivity contribution < 1.29 is 24.6 Å². The quantitative estimate of drug-likeness (QED) is 0.0978. The van der Waals surface area contributed by atoms with Crippen molar-refractivity contribution >= 4 is 40.6 Å². The van der Waals surface area contributed by atoms with Crippen molar-refractivity contribution in [1.82, 2.24) is 35.6 Å². The van der Waals surface area contributed by atoms with E-state index < -0.39 is 17.6 Å². The van der Waals surface area contributed by atoms with Crippen LogP contribution < -0.4 is 21.3 Å². The topological polar surface area (TPSA) is 190 Å². The van der Waals surface area contributed by atoms with E-state index in [-0.39, 0.29) is 48.5 Å². The number of unbranched alkanes of at least 4 members (excludes halogenated alkanes) is 2. The highest BCUT2D eigenvalue weighted by molar-refractivity contribution is 7.13. The third kappa shape index (κ3) is 10.9. The van der Waals surface area contributed by atoms with Crippen LogP contribution in [0.3, 0.4) is 0 Å². The molecule has 6 N–H and O–H groups in total. The molecule has 2 saturated heterocycles. The summed E-state index contributed by atoms with van der Waals surface area (Å²) in [6, 6.07) is 16.3. The number of likely N-dealkylation sites (tertiary alicyclic amines) is 1. The molecule has 2 aromatic carbocycles. The molecule has 0 aliphatic carbocycles. The smallest absolute Gasteiger partial charge is 0.246 e. The summed E-state index contributed by atoms with van der Waals surface area (Å²) in [6.45, 7) is 12.9. The van der Waals surface area contributed by atoms with Crippen LogP contribution in [0, 0.1) is 12.3 Å². The Balaban J connectivity index is 0.926. The number of benzene rings is 2. The molecular weight excluding hydrogens is 767 g/mol. The fourth-order valence-electron chi connectivity index (χ4n) is 7.90. The van der Waals surface area contributed by atoms with Crippen molar-refractivity contribution in [2.45, 2.75) is 97.4 Å². The summed E-state index contributed by atoms with van der Waals surface area (Å²) in [5, 5.41) is 35.8. The SMILES string of the molecule is Cc1ncsc1-c1ccc([C@@H](C)NC[C@H]2C[C@H](O)CN2C(=O)[C@H](NC(=O)CCCCCC(=O)N2CCN(c3cc(-c4ccccc4O)nnc3N)CC2)C(C)(C)C)cc1. The zero-order valence-electron chi connectivity index (χ0n) is 34.9. The molecule has 3 amide bonds. The lowest BCUT2D eigenvalue weighted by atomic mass is 9.85. The first-order chi connectivity index (χ1) is 28.2. The van der Waals surface area contributed by atoms with Gasteiger partial charge in [-0.15, -0.1) is 21.5 Å². The Hall–Kier alpha value is -5.12. The van der Waals surface area contributed by atoms with E-state index in [0.717, 1.165) is 27.4 Å². The molecular formula is C44H59N9O5S. The molecule has 0 bridgehead atoms. The van der Waals surface area contributed by atoms with Gasteiger partial charge in [-0.3, -0.25) is 14.4 Å². The van der Waals surface area contributed by atoms with E-state index in [1.54, 1.807) is 34.4 Å². The Morgan fingerprint density at radius 2 is 1.69 bits per heavy atom. The van der Waals surface area contributed by atoms with Gasteiger partial charge in [0.1, 0.15) is 11.8 Å². The van der Waals surface area contributed by atoms with Gasteiger partial charge in [0.15, 0.2) is 5.82 Å². The minimum atomic E-state index is -0.751. The summed E-state index contributed by atoms with van der Waals surface area (Å²) in [7, 11) is 0. The molecule has 6 rings (SSSR count). The number of piperazine rings is 1. The Bertz CT molecular complexity index is 2060. The van der Waals surface area contributed by atoms with Gasteiger partial charge in [-0.05, 0) is 67.9 Å². The highest BCUT2D eigenvalue weighted by Crippen LogP contribution is 2.33. The number of nitrogens with two attached hydrogens (primary N) is 1. The Labute approximate surface area is 351 Å². The maximum Gasteiger partial charge on any atom is 0.246 e. The van der Waals surface area contributed by atoms with Gasteiger partial charge in [0.2, 0.25) is 17.7 Å². The van der Waals surface area contributed by atoms with Crippen LogP contribution in [0.1, 0.15) is 83.5 Å². The zero-order valence-corrected chi connectivity index (χ0v) is 35.7. The Morgan fingerprint density at radius 1 is 0.983 bits per heavy atom. The number of β-amino-alcohol motifs (C(OH)–C–C–N with tert-alkyl or cyclic N) is 1. The van der Waals surface area contributed by atoms with Gasteiger partial charge in [0.25, 0.3) is 0 Å². The molecule has 2 aliphatic rings. The monoisotopic (exact) mass is 825 g/mol. The van der Waals surface area contributed by atoms with Gasteiger partial charge < -0.3 is 41.3 Å². The number of aliphatic hydroxyl groups excluding tert-OH is 1. The molecule has 0 spiro atoms. The highest BCUT2D eigenvalue weighted by Gasteiger charge is 2.42. The first-order valence-electron chi connectivity index (χ1n) is 20.7. The van der Waals surface area contributed by atoms with E-state index in [0.29, 0.717) is 81.9 Å². The van der Waals surface area contributed by atoms with Crippen LogP contribution in [-0.4, -0.2) is 110 Å². The number of phenolic OH excluding ortho intramolecular Hbond substituents is 1. The molecule has 4 heterocycles. The Morgan fingerprint density at radius 3 is 2.37 bits per heavy atom. The van der Waals surface area contributed by atoms with E-state index >= 15 is 0 Å². The van der Waals surface area contributed by atoms with Crippen LogP contribution in [0.4, 0.5) is 11.5 Å². The third-order valence-corrected chi connectivity index (χ3v) is 12.4. The summed E-state index contributed by atoms with van der Waals surface area (Å²) in [6.07, 6.45) is 2.45. The highest BCUT2D eigenvalue weighted by atomic mass is 32.1. The number of aromatic nitrogens is 3. The molecule has 14 nitrogen and oxygen atoms in total. The van der Waals surface area contributed by atoms with Crippen molar-refractivity contribution in [3.05, 3.63) is 71.4 Å². The maximum atomic E-state index is 14.1. The number of rotatable bonds is 15. The lowest BCUT2D eigenvalue weighted by Gasteiger charge is -2.36. The van der Waals surface area contributed by atoms with E-state index in [4.69, 9.17) is 5.73 Å². The number of carbonyl (C=O) groups excluding carboxylic acids is 3. The number of hydrogen-bond donors (Lipinski definition) is 5. The average molecular weight is 826 g/mol. The normalized spacial score (nSPS) is 18.2. The van der Waals surface area contributed by atoms with Crippen molar-refractivity contribution in [3.63, 3.8) is 0 Å². The molecule has 0 unspecified atom stereocenters. The first kappa shape index (κ1) is 43.5. The van der Waals surface area contributed by atoms with Gasteiger partial charge in [-0.2, -0.15) is 0 Å². The number of hydrogen-bond acceptors (Lipinski definition) is 12. The number of thiazole rings is 1. The van der Waals surface area contributed by atoms with E-state index in [1.165, 1.54) is 0 Å². The number of aliphatic hydroxyl groups is 1. The Kier molecular flexibility index (Phi) is 14.2. The molecule has 316 valence electrons. The number of para-hydroxylation sites is 1. The minimum Gasteiger partial charge on any atom is -0.507 e. The first-order valence-corrected chi connectivity index (χ1v) is 21.5. The number of nitrogens with one attached hydrogen (secondary N) is 2. The number of amides is 3. The number of nitrogen functional groups attached to an aromatic ring is 1. The molecule has 0 saturated carbocycles. The van der Waals surface area contributed by atoms with Crippen molar-refractivity contribution in [3.8, 4) is 27.4 Å². The lowest BCUT2D eigenvalue weighted by Crippen LogP contribution is -2.56. The fourth-order valence-corrected chi connectivity index (χ4v) is 8.71. The van der Waals surface area contributed by atoms with Crippen molar-refractivity contribution in [2.24, 2.45) is 5.41 Å². The molecule has 2 aromatic heterocycles. The second-order valence-electron chi connectivity index (χ2n) is 16.9. The third-order valence-electron chi connectivity index (χ3n) is 11.4. The van der Waals surface area contributed by atoms with Gasteiger partial charge in [-0.25, -0.2) is 4.98 Å². The second-order valence-corrected chi connectivity index (χ2v) is 17.7. The fraction of sp³-hybridized carbons (Fsp3) is 0.500. The molecule has 59 heavy (non-hydrogen) atoms. The number of anilines is 2. The molecule has 2 aliphatic heterocycles. The van der Waals surface area contributed by atoms with E-state index in [2.05, 4.69) is 61.9 Å². The summed E-state index contributed by atoms with van der Waals surface area (Å²) in [5.74, 6) is 0.104. The molecule has 2 fully saturated rings. The predicted molar refractivity (Wildman–Crippen MR) is 232 cm³/mol. The van der Waals surface area contributed by atoms with Gasteiger partial charge in [0, 0.05) is 69.8 Å². The number of phenols is 1. The zero-order chi connectivity index (χ0) is 42.3. The summed E-state index contributed by atoms with van der Waals surface area (Å²) < 4.78 is 0. The van der Waals surface area contributed by atoms with Crippen LogP contribution in [0.25, 0.3) is 21.7 Å². The van der Waals surface area contributed by atoms with Crippen molar-refractivity contribution in [2.75, 3.05) is 49.9 Å². The second kappa shape index (κ2) is 19.3. The molecule has 0 radical (unpaired) electrons. The minimum absolute atomic E-state index is 0.0296. The molecule has 15 heteroatoms. The summed E-state index contributed by atoms with van der Waals surface area (Å²) in [5.41, 5.74) is 12.6. The van der Waals surface area contributed by atoms with Gasteiger partial charge in [-0.1, -0.05) is 63.6 Å². The van der Waals surface area contributed by atoms with E-state index in [1.807, 2.05) is 50.2 Å². The van der Waals surface area contributed by atoms with Crippen LogP contribution in [0.2, 0.25) is 0 Å². The van der Waals surface area contributed by atoms with Crippen LogP contribution in [0.5, 0.6) is 5.75 Å². The maximum absolute atomic E-state index is 14.1.